The average molecular weight is 249 g/mol. The van der Waals surface area contributed by atoms with Crippen LogP contribution in [0.4, 0.5) is 13.2 Å². The first-order chi connectivity index (χ1) is 8.06. The van der Waals surface area contributed by atoms with Crippen LogP contribution in [-0.4, -0.2) is 12.7 Å². The second-order valence-electron chi connectivity index (χ2n) is 3.80. The average Bonchev–Trinajstić information content (AvgIpc) is 2.24. The zero-order valence-corrected chi connectivity index (χ0v) is 9.79. The molecule has 0 aromatic heterocycles. The van der Waals surface area contributed by atoms with E-state index in [1.807, 2.05) is 0 Å². The quantitative estimate of drug-likeness (QED) is 0.178. The van der Waals surface area contributed by atoms with Crippen molar-refractivity contribution in [1.82, 2.24) is 0 Å². The van der Waals surface area contributed by atoms with Gasteiger partial charge in [0.2, 0.25) is 0 Å². The van der Waals surface area contributed by atoms with Gasteiger partial charge in [-0.1, -0.05) is 36.5 Å². The third-order valence-electron chi connectivity index (χ3n) is 2.21. The van der Waals surface area contributed by atoms with Gasteiger partial charge < -0.3 is 0 Å². The number of halogens is 3. The van der Waals surface area contributed by atoms with Crippen molar-refractivity contribution in [2.75, 3.05) is 6.54 Å². The second kappa shape index (κ2) is 10.0. The molecule has 0 fully saturated rings. The Morgan fingerprint density at radius 2 is 1.65 bits per heavy atom. The van der Waals surface area contributed by atoms with Crippen LogP contribution in [-0.2, 0) is 0 Å². The molecule has 98 valence electrons. The van der Waals surface area contributed by atoms with Crippen molar-refractivity contribution in [3.05, 3.63) is 22.6 Å². The Bertz CT molecular complexity index is 255. The number of nitrogens with zero attached hydrogens (tertiary/aromatic N) is 3. The molecule has 0 saturated heterocycles. The van der Waals surface area contributed by atoms with Gasteiger partial charge in [0.25, 0.3) is 0 Å². The minimum absolute atomic E-state index is 0.530. The molecule has 0 aliphatic carbocycles. The minimum atomic E-state index is -4.09. The fourth-order valence-corrected chi connectivity index (χ4v) is 1.35. The summed E-state index contributed by atoms with van der Waals surface area (Å²) >= 11 is 0. The fraction of sp³-hybridized carbons (Fsp3) is 0.818. The Hall–Kier alpha value is -1.16. The van der Waals surface area contributed by atoms with E-state index in [-0.39, 0.29) is 0 Å². The Morgan fingerprint density at radius 3 is 2.29 bits per heavy atom. The Kier molecular flexibility index (Phi) is 9.34. The molecule has 0 aliphatic heterocycles. The number of rotatable bonds is 9. The summed E-state index contributed by atoms with van der Waals surface area (Å²) in [5.74, 6) is 0. The van der Waals surface area contributed by atoms with E-state index in [1.165, 1.54) is 6.08 Å². The van der Waals surface area contributed by atoms with Crippen LogP contribution in [0.3, 0.4) is 0 Å². The van der Waals surface area contributed by atoms with Crippen LogP contribution in [0.2, 0.25) is 0 Å². The second-order valence-corrected chi connectivity index (χ2v) is 3.80. The molecule has 0 saturated carbocycles. The molecule has 0 rings (SSSR count). The highest BCUT2D eigenvalue weighted by Gasteiger charge is 2.24. The van der Waals surface area contributed by atoms with Crippen molar-refractivity contribution in [3.8, 4) is 0 Å². The third kappa shape index (κ3) is 14.8. The van der Waals surface area contributed by atoms with Crippen molar-refractivity contribution < 1.29 is 13.2 Å². The summed E-state index contributed by atoms with van der Waals surface area (Å²) in [6, 6.07) is 0. The number of allylic oxidation sites excluding steroid dienone is 2. The van der Waals surface area contributed by atoms with Crippen molar-refractivity contribution in [3.63, 3.8) is 0 Å². The molecule has 0 heterocycles. The van der Waals surface area contributed by atoms with Gasteiger partial charge in [-0.05, 0) is 24.8 Å². The maximum atomic E-state index is 11.7. The highest BCUT2D eigenvalue weighted by Crippen LogP contribution is 2.19. The van der Waals surface area contributed by atoms with Gasteiger partial charge in [0.1, 0.15) is 0 Å². The lowest BCUT2D eigenvalue weighted by Gasteiger charge is -2.00. The highest BCUT2D eigenvalue weighted by atomic mass is 19.4. The SMILES string of the molecule is [N-]=[N+]=NCCCCCCC/C=C/CC(F)(F)F. The van der Waals surface area contributed by atoms with Crippen LogP contribution in [0.5, 0.6) is 0 Å². The van der Waals surface area contributed by atoms with Crippen LogP contribution < -0.4 is 0 Å². The number of hydrogen-bond acceptors (Lipinski definition) is 1. The molecule has 0 atom stereocenters. The summed E-state index contributed by atoms with van der Waals surface area (Å²) in [6.45, 7) is 0.530. The van der Waals surface area contributed by atoms with Gasteiger partial charge >= 0.3 is 6.18 Å². The Labute approximate surface area is 99.3 Å². The maximum Gasteiger partial charge on any atom is 0.392 e. The highest BCUT2D eigenvalue weighted by molar-refractivity contribution is 4.83. The summed E-state index contributed by atoms with van der Waals surface area (Å²) < 4.78 is 35.2. The number of unbranched alkanes of at least 4 members (excludes halogenated alkanes) is 5. The zero-order valence-electron chi connectivity index (χ0n) is 9.79. The molecular weight excluding hydrogens is 231 g/mol. The topological polar surface area (TPSA) is 48.8 Å². The smallest absolute Gasteiger partial charge is 0.171 e. The van der Waals surface area contributed by atoms with Crippen molar-refractivity contribution in [2.45, 2.75) is 51.1 Å². The molecule has 0 radical (unpaired) electrons. The molecule has 0 N–H and O–H groups in total. The summed E-state index contributed by atoms with van der Waals surface area (Å²) in [5, 5.41) is 3.42. The van der Waals surface area contributed by atoms with E-state index < -0.39 is 12.6 Å². The molecule has 0 spiro atoms. The van der Waals surface area contributed by atoms with E-state index in [9.17, 15) is 13.2 Å². The van der Waals surface area contributed by atoms with Gasteiger partial charge in [0.15, 0.2) is 0 Å². The lowest BCUT2D eigenvalue weighted by atomic mass is 10.1. The molecule has 0 aromatic carbocycles. The molecule has 0 amide bonds. The molecule has 0 unspecified atom stereocenters. The first kappa shape index (κ1) is 15.8. The first-order valence-corrected chi connectivity index (χ1v) is 5.79. The molecule has 0 bridgehead atoms. The lowest BCUT2D eigenvalue weighted by Crippen LogP contribution is -2.03. The largest absolute Gasteiger partial charge is 0.392 e. The summed E-state index contributed by atoms with van der Waals surface area (Å²) in [7, 11) is 0. The fourth-order valence-electron chi connectivity index (χ4n) is 1.35. The van der Waals surface area contributed by atoms with Gasteiger partial charge in [-0.2, -0.15) is 13.2 Å². The van der Waals surface area contributed by atoms with Crippen molar-refractivity contribution >= 4 is 0 Å². The molecule has 17 heavy (non-hydrogen) atoms. The predicted octanol–water partition coefficient (Wildman–Crippen LogP) is 5.15. The number of alkyl halides is 3. The summed E-state index contributed by atoms with van der Waals surface area (Å²) in [5.41, 5.74) is 8.02. The molecule has 0 aromatic rings. The third-order valence-corrected chi connectivity index (χ3v) is 2.21. The normalized spacial score (nSPS) is 11.7. The maximum absolute atomic E-state index is 11.7. The zero-order chi connectivity index (χ0) is 13.0. The van der Waals surface area contributed by atoms with Crippen LogP contribution in [0.15, 0.2) is 17.3 Å². The van der Waals surface area contributed by atoms with E-state index in [1.54, 1.807) is 6.08 Å². The van der Waals surface area contributed by atoms with Crippen LogP contribution in [0.1, 0.15) is 44.9 Å². The minimum Gasteiger partial charge on any atom is -0.171 e. The van der Waals surface area contributed by atoms with Gasteiger partial charge in [-0.15, -0.1) is 0 Å². The Morgan fingerprint density at radius 1 is 1.00 bits per heavy atom. The van der Waals surface area contributed by atoms with Crippen molar-refractivity contribution in [1.29, 1.82) is 0 Å². The van der Waals surface area contributed by atoms with Crippen LogP contribution in [0.25, 0.3) is 10.4 Å². The summed E-state index contributed by atoms with van der Waals surface area (Å²) in [4.78, 5) is 2.65. The molecule has 6 heteroatoms. The first-order valence-electron chi connectivity index (χ1n) is 5.79. The van der Waals surface area contributed by atoms with E-state index in [4.69, 9.17) is 5.53 Å². The molecular formula is C11H18F3N3. The van der Waals surface area contributed by atoms with Gasteiger partial charge in [-0.25, -0.2) is 0 Å². The Balaban J connectivity index is 3.21. The predicted molar refractivity (Wildman–Crippen MR) is 61.5 cm³/mol. The summed E-state index contributed by atoms with van der Waals surface area (Å²) in [6.07, 6.45) is 3.40. The van der Waals surface area contributed by atoms with Gasteiger partial charge in [0.05, 0.1) is 6.42 Å². The van der Waals surface area contributed by atoms with E-state index >= 15 is 0 Å². The van der Waals surface area contributed by atoms with E-state index in [0.717, 1.165) is 32.1 Å². The van der Waals surface area contributed by atoms with Gasteiger partial charge in [0, 0.05) is 11.5 Å². The number of hydrogen-bond donors (Lipinski definition) is 0. The van der Waals surface area contributed by atoms with Crippen LogP contribution >= 0.6 is 0 Å². The lowest BCUT2D eigenvalue weighted by molar-refractivity contribution is -0.125. The van der Waals surface area contributed by atoms with Crippen LogP contribution in [0, 0.1) is 0 Å². The number of azide groups is 1. The van der Waals surface area contributed by atoms with Gasteiger partial charge in [-0.3, -0.25) is 0 Å². The molecule has 0 aliphatic rings. The monoisotopic (exact) mass is 249 g/mol. The van der Waals surface area contributed by atoms with E-state index in [2.05, 4.69) is 10.0 Å². The van der Waals surface area contributed by atoms with Crippen molar-refractivity contribution in [2.24, 2.45) is 5.11 Å². The standard InChI is InChI=1S/C11H18F3N3/c12-11(13,14)9-7-5-3-1-2-4-6-8-10-16-17-15/h5,7H,1-4,6,8-10H2/b7-5+. The molecule has 3 nitrogen and oxygen atoms in total. The van der Waals surface area contributed by atoms with E-state index in [0.29, 0.717) is 13.0 Å².